The lowest BCUT2D eigenvalue weighted by Gasteiger charge is -2.14. The van der Waals surface area contributed by atoms with E-state index >= 15 is 0 Å². The summed E-state index contributed by atoms with van der Waals surface area (Å²) in [6, 6.07) is 4.78. The van der Waals surface area contributed by atoms with Gasteiger partial charge in [0.2, 0.25) is 5.88 Å². The van der Waals surface area contributed by atoms with Crippen molar-refractivity contribution in [2.24, 2.45) is 0 Å². The molecule has 20 heavy (non-hydrogen) atoms. The Balaban J connectivity index is 2.84. The molecule has 1 aromatic heterocycles. The molecule has 2 N–H and O–H groups in total. The van der Waals surface area contributed by atoms with E-state index in [9.17, 15) is 14.7 Å². The van der Waals surface area contributed by atoms with E-state index in [1.165, 1.54) is 27.2 Å². The minimum absolute atomic E-state index is 0.0365. The number of hydrogen-bond acceptors (Lipinski definition) is 5. The molecule has 0 unspecified atom stereocenters. The minimum atomic E-state index is -0.760. The molecule has 1 heterocycles. The van der Waals surface area contributed by atoms with Crippen molar-refractivity contribution < 1.29 is 14.6 Å². The van der Waals surface area contributed by atoms with E-state index in [4.69, 9.17) is 9.47 Å². The lowest BCUT2D eigenvalue weighted by atomic mass is 10.2. The summed E-state index contributed by atoms with van der Waals surface area (Å²) in [6.45, 7) is 1.41. The molecule has 0 spiro atoms. The van der Waals surface area contributed by atoms with Crippen molar-refractivity contribution in [2.45, 2.75) is 6.92 Å². The largest absolute Gasteiger partial charge is 0.497 e. The number of nitrogens with one attached hydrogen (secondary N) is 1. The number of ether oxygens (including phenoxy) is 2. The lowest BCUT2D eigenvalue weighted by Crippen LogP contribution is -2.30. The van der Waals surface area contributed by atoms with Gasteiger partial charge in [-0.1, -0.05) is 0 Å². The van der Waals surface area contributed by atoms with Gasteiger partial charge in [0.25, 0.3) is 5.56 Å². The Bertz CT molecular complexity index is 760. The van der Waals surface area contributed by atoms with Crippen LogP contribution in [0.3, 0.4) is 0 Å². The standard InChI is InChI=1S/C13H14N2O5/c1-7-11(16)14-13(18)15(12(7)17)9-6-8(19-2)4-5-10(9)20-3/h4-6,17H,1-3H3,(H,14,16,18). The number of rotatable bonds is 3. The zero-order valence-corrected chi connectivity index (χ0v) is 11.3. The minimum Gasteiger partial charge on any atom is -0.497 e. The quantitative estimate of drug-likeness (QED) is 0.855. The summed E-state index contributed by atoms with van der Waals surface area (Å²) in [5, 5.41) is 10.0. The zero-order chi connectivity index (χ0) is 14.9. The predicted molar refractivity (Wildman–Crippen MR) is 72.2 cm³/mol. The Morgan fingerprint density at radius 1 is 1.20 bits per heavy atom. The summed E-state index contributed by atoms with van der Waals surface area (Å²) < 4.78 is 11.2. The first kappa shape index (κ1) is 13.7. The molecule has 0 aliphatic carbocycles. The van der Waals surface area contributed by atoms with Crippen LogP contribution in [0.15, 0.2) is 27.8 Å². The number of aromatic hydroxyl groups is 1. The number of methoxy groups -OCH3 is 2. The fraction of sp³-hybridized carbons (Fsp3) is 0.231. The number of hydrogen-bond donors (Lipinski definition) is 2. The molecule has 0 amide bonds. The lowest BCUT2D eigenvalue weighted by molar-refractivity contribution is 0.393. The average Bonchev–Trinajstić information content (AvgIpc) is 2.44. The fourth-order valence-electron chi connectivity index (χ4n) is 1.81. The van der Waals surface area contributed by atoms with E-state index in [0.29, 0.717) is 11.5 Å². The fourth-order valence-corrected chi connectivity index (χ4v) is 1.81. The maximum Gasteiger partial charge on any atom is 0.335 e. The van der Waals surface area contributed by atoms with Crippen molar-refractivity contribution in [3.8, 4) is 23.1 Å². The van der Waals surface area contributed by atoms with Gasteiger partial charge < -0.3 is 14.6 Å². The van der Waals surface area contributed by atoms with Crippen molar-refractivity contribution in [1.82, 2.24) is 9.55 Å². The summed E-state index contributed by atoms with van der Waals surface area (Å²) in [5.74, 6) is 0.399. The van der Waals surface area contributed by atoms with Gasteiger partial charge in [-0.25, -0.2) is 9.36 Å². The van der Waals surface area contributed by atoms with Crippen molar-refractivity contribution in [3.05, 3.63) is 44.6 Å². The molecule has 2 aromatic rings. The molecule has 0 bridgehead atoms. The van der Waals surface area contributed by atoms with Crippen LogP contribution in [0.5, 0.6) is 17.4 Å². The topological polar surface area (TPSA) is 93.6 Å². The highest BCUT2D eigenvalue weighted by atomic mass is 16.5. The molecule has 1 aromatic carbocycles. The van der Waals surface area contributed by atoms with Crippen LogP contribution in [0.25, 0.3) is 5.69 Å². The number of aromatic nitrogens is 2. The van der Waals surface area contributed by atoms with Crippen LogP contribution < -0.4 is 20.7 Å². The first-order chi connectivity index (χ1) is 9.49. The Labute approximate surface area is 114 Å². The molecular formula is C13H14N2O5. The molecule has 0 radical (unpaired) electrons. The van der Waals surface area contributed by atoms with Crippen LogP contribution in [0.4, 0.5) is 0 Å². The molecule has 0 aliphatic rings. The van der Waals surface area contributed by atoms with Crippen LogP contribution in [0.2, 0.25) is 0 Å². The maximum atomic E-state index is 11.9. The molecule has 2 rings (SSSR count). The number of aromatic amines is 1. The van der Waals surface area contributed by atoms with Crippen LogP contribution in [0.1, 0.15) is 5.56 Å². The highest BCUT2D eigenvalue weighted by molar-refractivity contribution is 5.53. The number of nitrogens with zero attached hydrogens (tertiary/aromatic N) is 1. The second kappa shape index (κ2) is 5.12. The summed E-state index contributed by atoms with van der Waals surface area (Å²) in [4.78, 5) is 25.5. The van der Waals surface area contributed by atoms with Gasteiger partial charge in [0, 0.05) is 6.07 Å². The Morgan fingerprint density at radius 3 is 2.50 bits per heavy atom. The van der Waals surface area contributed by atoms with E-state index in [0.717, 1.165) is 4.57 Å². The normalized spacial score (nSPS) is 10.3. The Morgan fingerprint density at radius 2 is 1.90 bits per heavy atom. The first-order valence-electron chi connectivity index (χ1n) is 5.77. The van der Waals surface area contributed by atoms with E-state index < -0.39 is 17.1 Å². The predicted octanol–water partition coefficient (Wildman–Crippen LogP) is 0.557. The van der Waals surface area contributed by atoms with Gasteiger partial charge >= 0.3 is 5.69 Å². The Hall–Kier alpha value is -2.70. The van der Waals surface area contributed by atoms with Gasteiger partial charge in [-0.3, -0.25) is 9.78 Å². The number of H-pyrrole nitrogens is 1. The van der Waals surface area contributed by atoms with Crippen molar-refractivity contribution in [3.63, 3.8) is 0 Å². The molecule has 0 saturated carbocycles. The molecule has 106 valence electrons. The van der Waals surface area contributed by atoms with Gasteiger partial charge in [-0.15, -0.1) is 0 Å². The zero-order valence-electron chi connectivity index (χ0n) is 11.3. The smallest absolute Gasteiger partial charge is 0.335 e. The highest BCUT2D eigenvalue weighted by Gasteiger charge is 2.16. The SMILES string of the molecule is COc1ccc(OC)c(-n2c(O)c(C)c(=O)[nH]c2=O)c1. The summed E-state index contributed by atoms with van der Waals surface area (Å²) in [5.41, 5.74) is -1.08. The van der Waals surface area contributed by atoms with Crippen LogP contribution in [-0.2, 0) is 0 Å². The summed E-state index contributed by atoms with van der Waals surface area (Å²) in [7, 11) is 2.91. The van der Waals surface area contributed by atoms with Gasteiger partial charge in [0.05, 0.1) is 25.5 Å². The summed E-state index contributed by atoms with van der Waals surface area (Å²) >= 11 is 0. The molecule has 0 atom stereocenters. The van der Waals surface area contributed by atoms with Crippen LogP contribution >= 0.6 is 0 Å². The van der Waals surface area contributed by atoms with Crippen molar-refractivity contribution >= 4 is 0 Å². The third kappa shape index (κ3) is 2.13. The first-order valence-corrected chi connectivity index (χ1v) is 5.77. The van der Waals surface area contributed by atoms with Gasteiger partial charge in [-0.05, 0) is 19.1 Å². The summed E-state index contributed by atoms with van der Waals surface area (Å²) in [6.07, 6.45) is 0. The molecule has 0 fully saturated rings. The van der Waals surface area contributed by atoms with Crippen molar-refractivity contribution in [1.29, 1.82) is 0 Å². The average molecular weight is 278 g/mol. The van der Waals surface area contributed by atoms with E-state index in [1.807, 2.05) is 0 Å². The van der Waals surface area contributed by atoms with E-state index in [-0.39, 0.29) is 11.3 Å². The van der Waals surface area contributed by atoms with E-state index in [2.05, 4.69) is 4.98 Å². The number of benzene rings is 1. The third-order valence-corrected chi connectivity index (χ3v) is 2.94. The van der Waals surface area contributed by atoms with E-state index in [1.54, 1.807) is 12.1 Å². The molecule has 0 aliphatic heterocycles. The van der Waals surface area contributed by atoms with Crippen LogP contribution in [0, 0.1) is 6.92 Å². The van der Waals surface area contributed by atoms with Gasteiger partial charge in [0.1, 0.15) is 11.5 Å². The molecule has 0 saturated heterocycles. The van der Waals surface area contributed by atoms with Crippen LogP contribution in [-0.4, -0.2) is 28.9 Å². The van der Waals surface area contributed by atoms with Gasteiger partial charge in [0.15, 0.2) is 0 Å². The second-order valence-corrected chi connectivity index (χ2v) is 4.08. The monoisotopic (exact) mass is 278 g/mol. The third-order valence-electron chi connectivity index (χ3n) is 2.94. The maximum absolute atomic E-state index is 11.9. The molecule has 7 nitrogen and oxygen atoms in total. The highest BCUT2D eigenvalue weighted by Crippen LogP contribution is 2.29. The second-order valence-electron chi connectivity index (χ2n) is 4.08. The van der Waals surface area contributed by atoms with Gasteiger partial charge in [-0.2, -0.15) is 0 Å². The van der Waals surface area contributed by atoms with Crippen molar-refractivity contribution in [2.75, 3.05) is 14.2 Å². The molecule has 7 heteroatoms. The molecular weight excluding hydrogens is 264 g/mol. The Kier molecular flexibility index (Phi) is 3.51.